The van der Waals surface area contributed by atoms with Crippen molar-refractivity contribution in [3.8, 4) is 0 Å². The Morgan fingerprint density at radius 2 is 2.20 bits per heavy atom. The summed E-state index contributed by atoms with van der Waals surface area (Å²) >= 11 is 0. The molecule has 1 saturated carbocycles. The third-order valence-corrected chi connectivity index (χ3v) is 4.04. The average Bonchev–Trinajstić information content (AvgIpc) is 2.60. The predicted molar refractivity (Wildman–Crippen MR) is 58.6 cm³/mol. The van der Waals surface area contributed by atoms with E-state index >= 15 is 0 Å². The molecule has 3 atom stereocenters. The second-order valence-corrected chi connectivity index (χ2v) is 4.98. The molecule has 15 heavy (non-hydrogen) atoms. The van der Waals surface area contributed by atoms with Crippen LogP contribution in [-0.4, -0.2) is 41.0 Å². The van der Waals surface area contributed by atoms with E-state index in [0.717, 1.165) is 32.2 Å². The van der Waals surface area contributed by atoms with E-state index in [1.54, 1.807) is 0 Å². The maximum Gasteiger partial charge on any atom is 0.149 e. The second-order valence-electron chi connectivity index (χ2n) is 4.98. The molecule has 86 valence electrons. The Hall–Kier alpha value is -0.410. The van der Waals surface area contributed by atoms with Crippen LogP contribution in [0.15, 0.2) is 0 Å². The van der Waals surface area contributed by atoms with Crippen molar-refractivity contribution in [2.45, 2.75) is 51.1 Å². The van der Waals surface area contributed by atoms with Crippen LogP contribution >= 0.6 is 0 Å². The first kappa shape index (κ1) is 11.1. The SMILES string of the molecule is CC1CCN(C2CCCCC2=O)C1CO. The van der Waals surface area contributed by atoms with Gasteiger partial charge < -0.3 is 5.11 Å². The summed E-state index contributed by atoms with van der Waals surface area (Å²) < 4.78 is 0. The zero-order chi connectivity index (χ0) is 10.8. The molecule has 0 aromatic heterocycles. The molecule has 3 heteroatoms. The smallest absolute Gasteiger partial charge is 0.149 e. The Morgan fingerprint density at radius 3 is 2.87 bits per heavy atom. The third-order valence-electron chi connectivity index (χ3n) is 4.04. The molecule has 1 heterocycles. The number of hydrogen-bond donors (Lipinski definition) is 1. The molecule has 3 nitrogen and oxygen atoms in total. The lowest BCUT2D eigenvalue weighted by Gasteiger charge is -2.34. The monoisotopic (exact) mass is 211 g/mol. The number of likely N-dealkylation sites (tertiary alicyclic amines) is 1. The van der Waals surface area contributed by atoms with Crippen LogP contribution in [0.25, 0.3) is 0 Å². The molecule has 3 unspecified atom stereocenters. The van der Waals surface area contributed by atoms with Gasteiger partial charge in [0.25, 0.3) is 0 Å². The first-order valence-electron chi connectivity index (χ1n) is 6.13. The topological polar surface area (TPSA) is 40.5 Å². The van der Waals surface area contributed by atoms with E-state index in [-0.39, 0.29) is 18.7 Å². The fourth-order valence-corrected chi connectivity index (χ4v) is 3.02. The summed E-state index contributed by atoms with van der Waals surface area (Å²) in [4.78, 5) is 14.1. The van der Waals surface area contributed by atoms with Gasteiger partial charge in [-0.2, -0.15) is 0 Å². The Kier molecular flexibility index (Phi) is 3.42. The average molecular weight is 211 g/mol. The van der Waals surface area contributed by atoms with Crippen molar-refractivity contribution >= 4 is 5.78 Å². The van der Waals surface area contributed by atoms with Crippen molar-refractivity contribution in [3.63, 3.8) is 0 Å². The maximum atomic E-state index is 11.8. The minimum Gasteiger partial charge on any atom is -0.395 e. The van der Waals surface area contributed by atoms with Gasteiger partial charge in [-0.05, 0) is 31.7 Å². The molecule has 2 fully saturated rings. The summed E-state index contributed by atoms with van der Waals surface area (Å²) in [5, 5.41) is 9.37. The van der Waals surface area contributed by atoms with E-state index in [2.05, 4.69) is 11.8 Å². The number of Topliss-reactive ketones (excluding diaryl/α,β-unsaturated/α-hetero) is 1. The van der Waals surface area contributed by atoms with Gasteiger partial charge in [-0.1, -0.05) is 13.3 Å². The lowest BCUT2D eigenvalue weighted by molar-refractivity contribution is -0.127. The minimum atomic E-state index is 0.112. The quantitative estimate of drug-likeness (QED) is 0.746. The summed E-state index contributed by atoms with van der Waals surface area (Å²) in [5.41, 5.74) is 0. The lowest BCUT2D eigenvalue weighted by Crippen LogP contribution is -2.47. The molecular weight excluding hydrogens is 190 g/mol. The summed E-state index contributed by atoms with van der Waals surface area (Å²) in [6.45, 7) is 3.36. The highest BCUT2D eigenvalue weighted by Gasteiger charge is 2.38. The zero-order valence-corrected chi connectivity index (χ0v) is 9.48. The molecule has 1 saturated heterocycles. The fourth-order valence-electron chi connectivity index (χ4n) is 3.02. The molecule has 0 spiro atoms. The van der Waals surface area contributed by atoms with Crippen LogP contribution in [0.3, 0.4) is 0 Å². The van der Waals surface area contributed by atoms with Crippen LogP contribution in [-0.2, 0) is 4.79 Å². The van der Waals surface area contributed by atoms with Gasteiger partial charge >= 0.3 is 0 Å². The molecule has 0 amide bonds. The van der Waals surface area contributed by atoms with Crippen LogP contribution in [0.4, 0.5) is 0 Å². The second kappa shape index (κ2) is 4.62. The maximum absolute atomic E-state index is 11.8. The van der Waals surface area contributed by atoms with Gasteiger partial charge in [-0.3, -0.25) is 9.69 Å². The lowest BCUT2D eigenvalue weighted by atomic mass is 9.92. The first-order chi connectivity index (χ1) is 7.24. The molecule has 0 aromatic carbocycles. The van der Waals surface area contributed by atoms with Crippen LogP contribution in [0, 0.1) is 5.92 Å². The standard InChI is InChI=1S/C12H21NO2/c1-9-6-7-13(11(9)8-14)10-4-2-3-5-12(10)15/h9-11,14H,2-8H2,1H3. The highest BCUT2D eigenvalue weighted by molar-refractivity contribution is 5.84. The molecule has 2 aliphatic rings. The van der Waals surface area contributed by atoms with Gasteiger partial charge in [0.2, 0.25) is 0 Å². The number of carbonyl (C=O) groups is 1. The van der Waals surface area contributed by atoms with Crippen LogP contribution in [0.1, 0.15) is 39.0 Å². The van der Waals surface area contributed by atoms with Gasteiger partial charge in [0, 0.05) is 12.5 Å². The Balaban J connectivity index is 2.05. The molecule has 1 aliphatic carbocycles. The molecule has 0 radical (unpaired) electrons. The van der Waals surface area contributed by atoms with E-state index in [9.17, 15) is 9.90 Å². The van der Waals surface area contributed by atoms with Crippen LogP contribution < -0.4 is 0 Å². The van der Waals surface area contributed by atoms with Crippen molar-refractivity contribution in [1.29, 1.82) is 0 Å². The highest BCUT2D eigenvalue weighted by atomic mass is 16.3. The predicted octanol–water partition coefficient (Wildman–Crippen LogP) is 1.20. The van der Waals surface area contributed by atoms with Crippen LogP contribution in [0.5, 0.6) is 0 Å². The van der Waals surface area contributed by atoms with Crippen molar-refractivity contribution in [2.75, 3.05) is 13.2 Å². The number of carbonyl (C=O) groups excluding carboxylic acids is 1. The Bertz CT molecular complexity index is 242. The van der Waals surface area contributed by atoms with Gasteiger partial charge in [-0.25, -0.2) is 0 Å². The molecule has 0 bridgehead atoms. The molecular formula is C12H21NO2. The number of rotatable bonds is 2. The number of aliphatic hydroxyl groups excluding tert-OH is 1. The summed E-state index contributed by atoms with van der Waals surface area (Å²) in [5.74, 6) is 0.929. The van der Waals surface area contributed by atoms with Crippen molar-refractivity contribution in [3.05, 3.63) is 0 Å². The Morgan fingerprint density at radius 1 is 1.40 bits per heavy atom. The van der Waals surface area contributed by atoms with E-state index in [1.807, 2.05) is 0 Å². The van der Waals surface area contributed by atoms with Crippen LogP contribution in [0.2, 0.25) is 0 Å². The van der Waals surface area contributed by atoms with Crippen molar-refractivity contribution in [1.82, 2.24) is 4.90 Å². The largest absolute Gasteiger partial charge is 0.395 e. The Labute approximate surface area is 91.5 Å². The molecule has 1 aliphatic heterocycles. The number of ketones is 1. The van der Waals surface area contributed by atoms with E-state index in [4.69, 9.17) is 0 Å². The first-order valence-corrected chi connectivity index (χ1v) is 6.13. The minimum absolute atomic E-state index is 0.112. The fraction of sp³-hybridized carbons (Fsp3) is 0.917. The van der Waals surface area contributed by atoms with Gasteiger partial charge in [-0.15, -0.1) is 0 Å². The molecule has 0 aromatic rings. The van der Waals surface area contributed by atoms with Gasteiger partial charge in [0.05, 0.1) is 12.6 Å². The summed E-state index contributed by atoms with van der Waals surface area (Å²) in [7, 11) is 0. The summed E-state index contributed by atoms with van der Waals surface area (Å²) in [6, 6.07) is 0.331. The number of hydrogen-bond acceptors (Lipinski definition) is 3. The molecule has 2 rings (SSSR count). The third kappa shape index (κ3) is 2.08. The van der Waals surface area contributed by atoms with Gasteiger partial charge in [0.15, 0.2) is 0 Å². The van der Waals surface area contributed by atoms with Crippen molar-refractivity contribution in [2.24, 2.45) is 5.92 Å². The van der Waals surface area contributed by atoms with E-state index < -0.39 is 0 Å². The molecule has 1 N–H and O–H groups in total. The number of aliphatic hydroxyl groups is 1. The van der Waals surface area contributed by atoms with E-state index in [1.165, 1.54) is 6.42 Å². The highest BCUT2D eigenvalue weighted by Crippen LogP contribution is 2.30. The van der Waals surface area contributed by atoms with E-state index in [0.29, 0.717) is 11.7 Å². The van der Waals surface area contributed by atoms with Gasteiger partial charge in [0.1, 0.15) is 5.78 Å². The summed E-state index contributed by atoms with van der Waals surface area (Å²) in [6.07, 6.45) is 5.09. The number of nitrogens with zero attached hydrogens (tertiary/aromatic N) is 1. The normalized spacial score (nSPS) is 38.5. The van der Waals surface area contributed by atoms with Crippen molar-refractivity contribution < 1.29 is 9.90 Å². The zero-order valence-electron chi connectivity index (χ0n) is 9.48.